The van der Waals surface area contributed by atoms with Crippen LogP contribution in [0.5, 0.6) is 0 Å². The molecular weight excluding hydrogens is 456 g/mol. The van der Waals surface area contributed by atoms with Gasteiger partial charge in [0.2, 0.25) is 5.91 Å². The summed E-state index contributed by atoms with van der Waals surface area (Å²) in [7, 11) is -4.47. The fraction of sp³-hybridized carbons (Fsp3) is 0.917. The maximum atomic E-state index is 13.8. The average molecular weight is 501 g/mol. The normalized spacial score (nSPS) is 30.9. The molecule has 6 N–H and O–H groups in total. The van der Waals surface area contributed by atoms with Crippen molar-refractivity contribution in [3.05, 3.63) is 0 Å². The zero-order valence-corrected chi connectivity index (χ0v) is 21.8. The van der Waals surface area contributed by atoms with Crippen LogP contribution in [0.1, 0.15) is 91.4 Å². The van der Waals surface area contributed by atoms with E-state index in [1.165, 1.54) is 0 Å². The molecule has 0 aromatic rings. The maximum Gasteiger partial charge on any atom is 0.322 e. The van der Waals surface area contributed by atoms with Crippen LogP contribution in [-0.2, 0) is 19.8 Å². The van der Waals surface area contributed by atoms with E-state index in [-0.39, 0.29) is 42.2 Å². The van der Waals surface area contributed by atoms with E-state index in [1.54, 1.807) is 0 Å². The number of fused-ring (bicyclic) bond motifs is 2. The van der Waals surface area contributed by atoms with Crippen LogP contribution in [0, 0.1) is 22.7 Å². The summed E-state index contributed by atoms with van der Waals surface area (Å²) in [6.07, 6.45) is 8.59. The van der Waals surface area contributed by atoms with Crippen LogP contribution in [0.2, 0.25) is 0 Å². The lowest BCUT2D eigenvalue weighted by atomic mass is 9.69. The van der Waals surface area contributed by atoms with Crippen molar-refractivity contribution in [1.82, 2.24) is 9.62 Å². The summed E-state index contributed by atoms with van der Waals surface area (Å²) < 4.78 is 26.3. The molecule has 10 heteroatoms. The fourth-order valence-electron chi connectivity index (χ4n) is 7.00. The molecule has 3 rings (SSSR count). The van der Waals surface area contributed by atoms with Gasteiger partial charge in [0.25, 0.3) is 10.2 Å². The molecule has 0 aliphatic heterocycles. The van der Waals surface area contributed by atoms with Gasteiger partial charge in [-0.2, -0.15) is 12.7 Å². The Balaban J connectivity index is 1.92. The Morgan fingerprint density at radius 3 is 2.24 bits per heavy atom. The second kappa shape index (κ2) is 10.4. The SMILES string of the molecule is CC1(C)[C@@H]2CC[C@@]1(C)[C@@H](NC(=O)[C@H](CC1CCCCC1)N([C@@H](CCCN)C(=O)O)S(N)(=O)=O)C2. The highest BCUT2D eigenvalue weighted by Crippen LogP contribution is 2.65. The highest BCUT2D eigenvalue weighted by atomic mass is 32.2. The Hall–Kier alpha value is -1.23. The van der Waals surface area contributed by atoms with Crippen LogP contribution >= 0.6 is 0 Å². The lowest BCUT2D eigenvalue weighted by Gasteiger charge is -2.41. The summed E-state index contributed by atoms with van der Waals surface area (Å²) >= 11 is 0. The highest BCUT2D eigenvalue weighted by molar-refractivity contribution is 7.86. The summed E-state index contributed by atoms with van der Waals surface area (Å²) in [5.74, 6) is -1.07. The minimum absolute atomic E-state index is 0.00690. The van der Waals surface area contributed by atoms with E-state index in [4.69, 9.17) is 10.9 Å². The van der Waals surface area contributed by atoms with Crippen LogP contribution in [0.15, 0.2) is 0 Å². The number of hydrogen-bond donors (Lipinski definition) is 4. The fourth-order valence-corrected chi connectivity index (χ4v) is 8.08. The first-order valence-corrected chi connectivity index (χ1v) is 14.4. The van der Waals surface area contributed by atoms with E-state index in [0.717, 1.165) is 55.7 Å². The standard InChI is InChI=1S/C24H44N4O5S/c1-23(2)17-11-12-24(23,3)20(15-17)27-21(29)19(14-16-8-5-4-6-9-16)28(34(26,32)33)18(22(30)31)10-7-13-25/h16-20H,4-15,25H2,1-3H3,(H,27,29)(H,30,31)(H2,26,32,33)/t17-,18+,19+,20+,24+/m1/s1. The number of hydrogen-bond acceptors (Lipinski definition) is 5. The molecule has 9 nitrogen and oxygen atoms in total. The summed E-state index contributed by atoms with van der Waals surface area (Å²) in [6, 6.07) is -2.65. The van der Waals surface area contributed by atoms with E-state index in [0.29, 0.717) is 12.3 Å². The first-order valence-electron chi connectivity index (χ1n) is 12.9. The second-order valence-corrected chi connectivity index (χ2v) is 13.0. The Bertz CT molecular complexity index is 857. The van der Waals surface area contributed by atoms with Gasteiger partial charge in [-0.25, -0.2) is 5.14 Å². The first-order chi connectivity index (χ1) is 15.8. The van der Waals surface area contributed by atoms with Gasteiger partial charge in [-0.05, 0) is 67.7 Å². The van der Waals surface area contributed by atoms with E-state index in [1.807, 2.05) is 0 Å². The van der Waals surface area contributed by atoms with Crippen molar-refractivity contribution in [2.45, 2.75) is 110 Å². The van der Waals surface area contributed by atoms with Gasteiger partial charge >= 0.3 is 5.97 Å². The van der Waals surface area contributed by atoms with Gasteiger partial charge in [0.15, 0.2) is 0 Å². The third-order valence-corrected chi connectivity index (χ3v) is 10.7. The van der Waals surface area contributed by atoms with Crippen molar-refractivity contribution in [2.24, 2.45) is 33.5 Å². The number of rotatable bonds is 11. The summed E-state index contributed by atoms with van der Waals surface area (Å²) in [5, 5.41) is 18.7. The Morgan fingerprint density at radius 2 is 1.76 bits per heavy atom. The van der Waals surface area contributed by atoms with Crippen molar-refractivity contribution in [3.8, 4) is 0 Å². The number of carbonyl (C=O) groups excluding carboxylic acids is 1. The molecule has 0 aromatic heterocycles. The zero-order valence-electron chi connectivity index (χ0n) is 21.0. The van der Waals surface area contributed by atoms with Crippen molar-refractivity contribution in [2.75, 3.05) is 6.54 Å². The number of carboxylic acids is 1. The summed E-state index contributed by atoms with van der Waals surface area (Å²) in [6.45, 7) is 6.93. The number of aliphatic carboxylic acids is 1. The number of amides is 1. The molecule has 34 heavy (non-hydrogen) atoms. The number of carbonyl (C=O) groups is 2. The molecule has 3 aliphatic carbocycles. The number of carboxylic acid groups (broad SMARTS) is 1. The van der Waals surface area contributed by atoms with Gasteiger partial charge in [-0.1, -0.05) is 52.9 Å². The lowest BCUT2D eigenvalue weighted by molar-refractivity contribution is -0.143. The molecule has 0 radical (unpaired) electrons. The van der Waals surface area contributed by atoms with Crippen LogP contribution < -0.4 is 16.2 Å². The van der Waals surface area contributed by atoms with Gasteiger partial charge in [0, 0.05) is 6.04 Å². The third kappa shape index (κ3) is 5.29. The predicted octanol–water partition coefficient (Wildman–Crippen LogP) is 2.35. The van der Waals surface area contributed by atoms with Crippen LogP contribution in [0.25, 0.3) is 0 Å². The molecule has 3 fully saturated rings. The van der Waals surface area contributed by atoms with Gasteiger partial charge < -0.3 is 16.2 Å². The van der Waals surface area contributed by atoms with Gasteiger partial charge in [-0.15, -0.1) is 0 Å². The van der Waals surface area contributed by atoms with Crippen molar-refractivity contribution < 1.29 is 23.1 Å². The summed E-state index contributed by atoms with van der Waals surface area (Å²) in [4.78, 5) is 26.0. The van der Waals surface area contributed by atoms with Crippen LogP contribution in [0.3, 0.4) is 0 Å². The molecule has 0 heterocycles. The monoisotopic (exact) mass is 500 g/mol. The number of nitrogens with two attached hydrogens (primary N) is 2. The molecule has 0 unspecified atom stereocenters. The highest BCUT2D eigenvalue weighted by Gasteiger charge is 2.62. The third-order valence-electron chi connectivity index (χ3n) is 9.57. The lowest BCUT2D eigenvalue weighted by Crippen LogP contribution is -2.60. The molecule has 0 spiro atoms. The van der Waals surface area contributed by atoms with Crippen molar-refractivity contribution >= 4 is 22.1 Å². The van der Waals surface area contributed by atoms with Crippen molar-refractivity contribution in [1.29, 1.82) is 0 Å². The smallest absolute Gasteiger partial charge is 0.322 e. The Morgan fingerprint density at radius 1 is 1.12 bits per heavy atom. The second-order valence-electron chi connectivity index (χ2n) is 11.6. The van der Waals surface area contributed by atoms with Crippen molar-refractivity contribution in [3.63, 3.8) is 0 Å². The van der Waals surface area contributed by atoms with E-state index in [2.05, 4.69) is 26.1 Å². The number of nitrogens with one attached hydrogen (secondary N) is 1. The Kier molecular flexibility index (Phi) is 8.37. The van der Waals surface area contributed by atoms with Crippen LogP contribution in [-0.4, -0.2) is 54.4 Å². The molecule has 5 atom stereocenters. The van der Waals surface area contributed by atoms with Crippen LogP contribution in [0.4, 0.5) is 0 Å². The zero-order chi connectivity index (χ0) is 25.3. The first kappa shape index (κ1) is 27.4. The molecule has 0 aromatic carbocycles. The minimum atomic E-state index is -4.47. The summed E-state index contributed by atoms with van der Waals surface area (Å²) in [5.41, 5.74) is 5.58. The predicted molar refractivity (Wildman–Crippen MR) is 131 cm³/mol. The molecule has 1 amide bonds. The number of nitrogens with zero attached hydrogens (tertiary/aromatic N) is 1. The van der Waals surface area contributed by atoms with Gasteiger partial charge in [-0.3, -0.25) is 9.59 Å². The Labute approximate surface area is 204 Å². The molecule has 3 saturated carbocycles. The molecule has 3 aliphatic rings. The molecule has 196 valence electrons. The average Bonchev–Trinajstić information content (AvgIpc) is 3.08. The minimum Gasteiger partial charge on any atom is -0.480 e. The topological polar surface area (TPSA) is 156 Å². The van der Waals surface area contributed by atoms with Gasteiger partial charge in [0.05, 0.1) is 0 Å². The molecular formula is C24H44N4O5S. The molecule has 0 saturated heterocycles. The molecule has 2 bridgehead atoms. The van der Waals surface area contributed by atoms with E-state index < -0.39 is 34.2 Å². The quantitative estimate of drug-likeness (QED) is 0.341. The largest absolute Gasteiger partial charge is 0.480 e. The van der Waals surface area contributed by atoms with Gasteiger partial charge in [0.1, 0.15) is 12.1 Å². The maximum absolute atomic E-state index is 13.8. The van der Waals surface area contributed by atoms with E-state index >= 15 is 0 Å². The van der Waals surface area contributed by atoms with E-state index in [9.17, 15) is 23.1 Å².